The first kappa shape index (κ1) is 27.1. The molecule has 1 saturated carbocycles. The Morgan fingerprint density at radius 3 is 2.43 bits per heavy atom. The van der Waals surface area contributed by atoms with Crippen molar-refractivity contribution in [3.63, 3.8) is 0 Å². The number of hydrogen-bond donors (Lipinski definition) is 1. The molecule has 0 radical (unpaired) electrons. The van der Waals surface area contributed by atoms with Crippen molar-refractivity contribution >= 4 is 27.7 Å². The van der Waals surface area contributed by atoms with Crippen LogP contribution in [0.5, 0.6) is 11.5 Å². The molecule has 7 heteroatoms. The van der Waals surface area contributed by atoms with Gasteiger partial charge in [-0.15, -0.1) is 0 Å². The van der Waals surface area contributed by atoms with E-state index in [0.717, 1.165) is 41.3 Å². The number of aryl methyl sites for hydroxylation is 1. The minimum atomic E-state index is -0.554. The maximum absolute atomic E-state index is 13.4. The summed E-state index contributed by atoms with van der Waals surface area (Å²) in [6, 6.07) is 13.3. The van der Waals surface area contributed by atoms with E-state index in [0.29, 0.717) is 44.1 Å². The number of benzene rings is 2. The first-order valence-electron chi connectivity index (χ1n) is 12.6. The van der Waals surface area contributed by atoms with Gasteiger partial charge in [-0.25, -0.2) is 0 Å². The fourth-order valence-corrected chi connectivity index (χ4v) is 4.90. The average Bonchev–Trinajstić information content (AvgIpc) is 3.35. The van der Waals surface area contributed by atoms with Crippen molar-refractivity contribution in [2.45, 2.75) is 77.9 Å². The lowest BCUT2D eigenvalue weighted by atomic mass is 10.1. The van der Waals surface area contributed by atoms with Gasteiger partial charge in [0.05, 0.1) is 13.2 Å². The van der Waals surface area contributed by atoms with E-state index in [2.05, 4.69) is 21.2 Å². The van der Waals surface area contributed by atoms with Crippen LogP contribution in [0.3, 0.4) is 0 Å². The van der Waals surface area contributed by atoms with Gasteiger partial charge in [-0.3, -0.25) is 9.59 Å². The van der Waals surface area contributed by atoms with Crippen LogP contribution in [0, 0.1) is 0 Å². The van der Waals surface area contributed by atoms with E-state index in [-0.39, 0.29) is 17.9 Å². The second kappa shape index (κ2) is 13.5. The van der Waals surface area contributed by atoms with E-state index in [9.17, 15) is 9.59 Å². The van der Waals surface area contributed by atoms with Gasteiger partial charge in [0.2, 0.25) is 11.8 Å². The highest BCUT2D eigenvalue weighted by Gasteiger charge is 2.28. The first-order chi connectivity index (χ1) is 16.9. The van der Waals surface area contributed by atoms with Gasteiger partial charge in [-0.05, 0) is 75.4 Å². The maximum Gasteiger partial charge on any atom is 0.242 e. The quantitative estimate of drug-likeness (QED) is 0.374. The highest BCUT2D eigenvalue weighted by molar-refractivity contribution is 9.10. The molecule has 2 amide bonds. The lowest BCUT2D eigenvalue weighted by Crippen LogP contribution is -2.49. The van der Waals surface area contributed by atoms with Crippen molar-refractivity contribution < 1.29 is 19.1 Å². The lowest BCUT2D eigenvalue weighted by molar-refractivity contribution is -0.140. The van der Waals surface area contributed by atoms with E-state index < -0.39 is 6.04 Å². The Morgan fingerprint density at radius 1 is 1.03 bits per heavy atom. The van der Waals surface area contributed by atoms with Crippen molar-refractivity contribution in [1.29, 1.82) is 0 Å². The summed E-state index contributed by atoms with van der Waals surface area (Å²) in [5.74, 6) is 1.26. The predicted octanol–water partition coefficient (Wildman–Crippen LogP) is 5.66. The van der Waals surface area contributed by atoms with E-state index in [1.54, 1.807) is 4.90 Å². The molecule has 0 saturated heterocycles. The van der Waals surface area contributed by atoms with Crippen molar-refractivity contribution in [3.05, 3.63) is 58.1 Å². The number of halogens is 1. The summed E-state index contributed by atoms with van der Waals surface area (Å²) in [7, 11) is 0. The first-order valence-corrected chi connectivity index (χ1v) is 13.4. The molecule has 0 aromatic heterocycles. The SMILES string of the molecule is CCOc1ccc(CCC(=O)N(Cc2cccc(Br)c2)C(C)C(=O)NC2CCCC2)cc1OCC. The number of amides is 2. The molecule has 35 heavy (non-hydrogen) atoms. The monoisotopic (exact) mass is 544 g/mol. The van der Waals surface area contributed by atoms with Gasteiger partial charge in [0, 0.05) is 23.5 Å². The molecule has 1 aliphatic carbocycles. The van der Waals surface area contributed by atoms with E-state index in [1.165, 1.54) is 0 Å². The minimum Gasteiger partial charge on any atom is -0.490 e. The standard InChI is InChI=1S/C28H37BrN2O4/c1-4-34-25-15-13-21(18-26(25)35-5-2)14-16-27(32)31(19-22-9-8-10-23(29)17-22)20(3)28(33)30-24-11-6-7-12-24/h8-10,13,15,17-18,20,24H,4-7,11-12,14,16,19H2,1-3H3,(H,30,33). The Balaban J connectivity index is 1.72. The second-order valence-electron chi connectivity index (χ2n) is 8.96. The largest absolute Gasteiger partial charge is 0.490 e. The van der Waals surface area contributed by atoms with Gasteiger partial charge in [-0.1, -0.05) is 47.0 Å². The number of nitrogens with one attached hydrogen (secondary N) is 1. The molecule has 0 spiro atoms. The van der Waals surface area contributed by atoms with Crippen LogP contribution in [-0.4, -0.2) is 42.0 Å². The predicted molar refractivity (Wildman–Crippen MR) is 142 cm³/mol. The van der Waals surface area contributed by atoms with Crippen LogP contribution in [-0.2, 0) is 22.6 Å². The zero-order chi connectivity index (χ0) is 25.2. The summed E-state index contributed by atoms with van der Waals surface area (Å²) in [6.45, 7) is 7.17. The molecule has 190 valence electrons. The molecular formula is C28H37BrN2O4. The van der Waals surface area contributed by atoms with Crippen LogP contribution in [0.2, 0.25) is 0 Å². The molecular weight excluding hydrogens is 508 g/mol. The Bertz CT molecular complexity index is 991. The lowest BCUT2D eigenvalue weighted by Gasteiger charge is -2.30. The Labute approximate surface area is 217 Å². The summed E-state index contributed by atoms with van der Waals surface area (Å²) in [5, 5.41) is 3.15. The van der Waals surface area contributed by atoms with Gasteiger partial charge >= 0.3 is 0 Å². The number of ether oxygens (including phenoxy) is 2. The average molecular weight is 546 g/mol. The van der Waals surface area contributed by atoms with Crippen LogP contribution in [0.4, 0.5) is 0 Å². The van der Waals surface area contributed by atoms with Crippen LogP contribution in [0.1, 0.15) is 64.0 Å². The molecule has 0 aliphatic heterocycles. The maximum atomic E-state index is 13.4. The summed E-state index contributed by atoms with van der Waals surface area (Å²) in [6.07, 6.45) is 5.17. The Hall–Kier alpha value is -2.54. The number of hydrogen-bond acceptors (Lipinski definition) is 4. The fraction of sp³-hybridized carbons (Fsp3) is 0.500. The summed E-state index contributed by atoms with van der Waals surface area (Å²) in [4.78, 5) is 28.2. The molecule has 1 aliphatic rings. The number of carbonyl (C=O) groups is 2. The van der Waals surface area contributed by atoms with Gasteiger partial charge < -0.3 is 19.7 Å². The smallest absolute Gasteiger partial charge is 0.242 e. The zero-order valence-electron chi connectivity index (χ0n) is 21.0. The molecule has 2 aromatic rings. The molecule has 3 rings (SSSR count). The van der Waals surface area contributed by atoms with Gasteiger partial charge in [0.1, 0.15) is 6.04 Å². The fourth-order valence-electron chi connectivity index (χ4n) is 4.45. The summed E-state index contributed by atoms with van der Waals surface area (Å²) < 4.78 is 12.3. The summed E-state index contributed by atoms with van der Waals surface area (Å²) in [5.41, 5.74) is 1.98. The minimum absolute atomic E-state index is 0.0501. The molecule has 1 unspecified atom stereocenters. The van der Waals surface area contributed by atoms with E-state index in [4.69, 9.17) is 9.47 Å². The van der Waals surface area contributed by atoms with Crippen LogP contribution < -0.4 is 14.8 Å². The van der Waals surface area contributed by atoms with Crippen LogP contribution >= 0.6 is 15.9 Å². The topological polar surface area (TPSA) is 67.9 Å². The van der Waals surface area contributed by atoms with Gasteiger partial charge in [-0.2, -0.15) is 0 Å². The third kappa shape index (κ3) is 7.99. The molecule has 0 bridgehead atoms. The van der Waals surface area contributed by atoms with Gasteiger partial charge in [0.15, 0.2) is 11.5 Å². The summed E-state index contributed by atoms with van der Waals surface area (Å²) >= 11 is 3.51. The van der Waals surface area contributed by atoms with Crippen LogP contribution in [0.15, 0.2) is 46.9 Å². The van der Waals surface area contributed by atoms with Crippen molar-refractivity contribution in [3.8, 4) is 11.5 Å². The molecule has 2 aromatic carbocycles. The molecule has 6 nitrogen and oxygen atoms in total. The normalized spacial score (nSPS) is 14.4. The molecule has 1 N–H and O–H groups in total. The molecule has 1 atom stereocenters. The van der Waals surface area contributed by atoms with Crippen molar-refractivity contribution in [1.82, 2.24) is 10.2 Å². The third-order valence-corrected chi connectivity index (χ3v) is 6.84. The highest BCUT2D eigenvalue weighted by Crippen LogP contribution is 2.29. The number of rotatable bonds is 12. The Kier molecular flexibility index (Phi) is 10.5. The van der Waals surface area contributed by atoms with E-state index >= 15 is 0 Å². The molecule has 0 heterocycles. The van der Waals surface area contributed by atoms with Crippen LogP contribution in [0.25, 0.3) is 0 Å². The van der Waals surface area contributed by atoms with Crippen molar-refractivity contribution in [2.24, 2.45) is 0 Å². The molecule has 1 fully saturated rings. The third-order valence-electron chi connectivity index (χ3n) is 6.35. The van der Waals surface area contributed by atoms with E-state index in [1.807, 2.05) is 63.2 Å². The zero-order valence-corrected chi connectivity index (χ0v) is 22.6. The van der Waals surface area contributed by atoms with Gasteiger partial charge in [0.25, 0.3) is 0 Å². The Morgan fingerprint density at radius 2 is 1.74 bits per heavy atom. The number of carbonyl (C=O) groups excluding carboxylic acids is 2. The van der Waals surface area contributed by atoms with Crippen molar-refractivity contribution in [2.75, 3.05) is 13.2 Å². The highest BCUT2D eigenvalue weighted by atomic mass is 79.9. The number of nitrogens with zero attached hydrogens (tertiary/aromatic N) is 1. The second-order valence-corrected chi connectivity index (χ2v) is 9.88.